The molecule has 0 amide bonds. The summed E-state index contributed by atoms with van der Waals surface area (Å²) in [5, 5.41) is 0. The first-order valence-electron chi connectivity index (χ1n) is 6.64. The van der Waals surface area contributed by atoms with Gasteiger partial charge in [-0.25, -0.2) is 17.5 Å². The minimum atomic E-state index is -3.75. The molecular weight excluding hydrogens is 289 g/mol. The number of halogens is 1. The van der Waals surface area contributed by atoms with Crippen LogP contribution in [0.2, 0.25) is 0 Å². The lowest BCUT2D eigenvalue weighted by atomic mass is 10.0. The van der Waals surface area contributed by atoms with Crippen LogP contribution in [0, 0.1) is 19.7 Å². The normalized spacial score (nSPS) is 13.1. The monoisotopic (exact) mass is 307 g/mol. The zero-order valence-electron chi connectivity index (χ0n) is 12.2. The Bertz CT molecular complexity index is 757. The maximum absolute atomic E-state index is 13.2. The van der Waals surface area contributed by atoms with E-state index in [9.17, 15) is 12.8 Å². The van der Waals surface area contributed by atoms with E-state index in [1.54, 1.807) is 6.92 Å². The van der Waals surface area contributed by atoms with Crippen molar-refractivity contribution in [2.45, 2.75) is 31.7 Å². The molecule has 0 saturated heterocycles. The van der Waals surface area contributed by atoms with Crippen molar-refractivity contribution in [1.82, 2.24) is 4.72 Å². The predicted molar refractivity (Wildman–Crippen MR) is 81.1 cm³/mol. The number of rotatable bonds is 4. The second kappa shape index (κ2) is 5.95. The number of aryl methyl sites for hydroxylation is 2. The van der Waals surface area contributed by atoms with Gasteiger partial charge in [0.05, 0.1) is 4.90 Å². The molecule has 2 aromatic carbocycles. The van der Waals surface area contributed by atoms with Gasteiger partial charge in [0.25, 0.3) is 0 Å². The second-order valence-corrected chi connectivity index (χ2v) is 6.87. The highest BCUT2D eigenvalue weighted by Gasteiger charge is 2.19. The third-order valence-electron chi connectivity index (χ3n) is 3.34. The van der Waals surface area contributed by atoms with Crippen molar-refractivity contribution in [3.05, 3.63) is 65.0 Å². The van der Waals surface area contributed by atoms with Gasteiger partial charge in [0.1, 0.15) is 5.82 Å². The first kappa shape index (κ1) is 15.7. The number of hydrogen-bond acceptors (Lipinski definition) is 2. The predicted octanol–water partition coefficient (Wildman–Crippen LogP) is 3.48. The van der Waals surface area contributed by atoms with Crippen LogP contribution in [0.5, 0.6) is 0 Å². The van der Waals surface area contributed by atoms with Crippen molar-refractivity contribution in [2.75, 3.05) is 0 Å². The smallest absolute Gasteiger partial charge is 0.207 e. The first-order valence-corrected chi connectivity index (χ1v) is 8.13. The van der Waals surface area contributed by atoms with Crippen molar-refractivity contribution in [3.8, 4) is 0 Å². The average molecular weight is 307 g/mol. The molecule has 0 spiro atoms. The van der Waals surface area contributed by atoms with Crippen molar-refractivity contribution in [1.29, 1.82) is 0 Å². The summed E-state index contributed by atoms with van der Waals surface area (Å²) in [6.45, 7) is 5.66. The van der Waals surface area contributed by atoms with Gasteiger partial charge in [0.2, 0.25) is 10.0 Å². The van der Waals surface area contributed by atoms with Crippen LogP contribution in [0.4, 0.5) is 4.39 Å². The van der Waals surface area contributed by atoms with Gasteiger partial charge in [0.15, 0.2) is 0 Å². The molecule has 5 heteroatoms. The quantitative estimate of drug-likeness (QED) is 0.940. The summed E-state index contributed by atoms with van der Waals surface area (Å²) in [4.78, 5) is -0.0698. The van der Waals surface area contributed by atoms with Crippen LogP contribution < -0.4 is 4.72 Å². The van der Waals surface area contributed by atoms with Gasteiger partial charge in [0, 0.05) is 6.04 Å². The third-order valence-corrected chi connectivity index (χ3v) is 4.88. The molecule has 0 fully saturated rings. The highest BCUT2D eigenvalue weighted by atomic mass is 32.2. The molecule has 2 rings (SSSR count). The van der Waals surface area contributed by atoms with Gasteiger partial charge in [-0.15, -0.1) is 0 Å². The summed E-state index contributed by atoms with van der Waals surface area (Å²) in [6.07, 6.45) is 0. The van der Waals surface area contributed by atoms with Crippen molar-refractivity contribution in [3.63, 3.8) is 0 Å². The summed E-state index contributed by atoms with van der Waals surface area (Å²) in [7, 11) is -3.75. The van der Waals surface area contributed by atoms with Crippen LogP contribution in [0.25, 0.3) is 0 Å². The van der Waals surface area contributed by atoms with Crippen LogP contribution in [-0.4, -0.2) is 8.42 Å². The Kier molecular flexibility index (Phi) is 4.44. The molecule has 21 heavy (non-hydrogen) atoms. The van der Waals surface area contributed by atoms with Crippen molar-refractivity contribution < 1.29 is 12.8 Å². The molecule has 0 aliphatic heterocycles. The molecular formula is C16H18FNO2S. The zero-order valence-corrected chi connectivity index (χ0v) is 13.0. The second-order valence-electron chi connectivity index (χ2n) is 5.16. The Morgan fingerprint density at radius 3 is 2.48 bits per heavy atom. The van der Waals surface area contributed by atoms with Crippen LogP contribution in [-0.2, 0) is 10.0 Å². The molecule has 2 aromatic rings. The lowest BCUT2D eigenvalue weighted by Gasteiger charge is -2.17. The largest absolute Gasteiger partial charge is 0.241 e. The summed E-state index contributed by atoms with van der Waals surface area (Å²) in [5.74, 6) is -0.572. The van der Waals surface area contributed by atoms with Crippen LogP contribution in [0.15, 0.2) is 47.4 Å². The molecule has 0 bridgehead atoms. The molecule has 0 aliphatic carbocycles. The Morgan fingerprint density at radius 1 is 1.10 bits per heavy atom. The van der Waals surface area contributed by atoms with E-state index in [1.807, 2.05) is 32.0 Å². The van der Waals surface area contributed by atoms with Crippen LogP contribution in [0.3, 0.4) is 0 Å². The molecule has 1 N–H and O–H groups in total. The lowest BCUT2D eigenvalue weighted by molar-refractivity contribution is 0.563. The molecule has 0 heterocycles. The topological polar surface area (TPSA) is 46.2 Å². The molecule has 112 valence electrons. The van der Waals surface area contributed by atoms with Gasteiger partial charge < -0.3 is 0 Å². The zero-order chi connectivity index (χ0) is 15.6. The number of sulfonamides is 1. The molecule has 0 saturated carbocycles. The minimum Gasteiger partial charge on any atom is -0.207 e. The van der Waals surface area contributed by atoms with E-state index < -0.39 is 21.9 Å². The molecule has 3 nitrogen and oxygen atoms in total. The number of hydrogen-bond donors (Lipinski definition) is 1. The average Bonchev–Trinajstić information content (AvgIpc) is 2.41. The van der Waals surface area contributed by atoms with E-state index in [0.717, 1.165) is 22.8 Å². The number of benzene rings is 2. The van der Waals surface area contributed by atoms with E-state index in [1.165, 1.54) is 18.2 Å². The molecule has 0 aliphatic rings. The third kappa shape index (κ3) is 3.68. The van der Waals surface area contributed by atoms with E-state index >= 15 is 0 Å². The van der Waals surface area contributed by atoms with Gasteiger partial charge >= 0.3 is 0 Å². The fourth-order valence-corrected chi connectivity index (χ4v) is 3.48. The highest BCUT2D eigenvalue weighted by molar-refractivity contribution is 7.89. The molecule has 0 radical (unpaired) electrons. The van der Waals surface area contributed by atoms with Crippen molar-refractivity contribution in [2.24, 2.45) is 0 Å². The fraction of sp³-hybridized carbons (Fsp3) is 0.250. The highest BCUT2D eigenvalue weighted by Crippen LogP contribution is 2.21. The van der Waals surface area contributed by atoms with Gasteiger partial charge in [-0.2, -0.15) is 0 Å². The first-order chi connectivity index (χ1) is 9.79. The van der Waals surface area contributed by atoms with Gasteiger partial charge in [-0.1, -0.05) is 29.8 Å². The Balaban J connectivity index is 2.30. The summed E-state index contributed by atoms with van der Waals surface area (Å²) >= 11 is 0. The van der Waals surface area contributed by atoms with Gasteiger partial charge in [-0.3, -0.25) is 0 Å². The summed E-state index contributed by atoms with van der Waals surface area (Å²) in [6, 6.07) is 10.5. The van der Waals surface area contributed by atoms with E-state index in [4.69, 9.17) is 0 Å². The van der Waals surface area contributed by atoms with Crippen LogP contribution in [0.1, 0.15) is 29.7 Å². The van der Waals surface area contributed by atoms with E-state index in [2.05, 4.69) is 4.72 Å². The van der Waals surface area contributed by atoms with Crippen molar-refractivity contribution >= 4 is 10.0 Å². The van der Waals surface area contributed by atoms with E-state index in [-0.39, 0.29) is 4.90 Å². The lowest BCUT2D eigenvalue weighted by Crippen LogP contribution is -2.27. The Morgan fingerprint density at radius 2 is 1.81 bits per heavy atom. The maximum atomic E-state index is 13.2. The SMILES string of the molecule is Cc1ccc(C)c(C(C)NS(=O)(=O)c2cccc(F)c2)c1. The summed E-state index contributed by atoms with van der Waals surface area (Å²) in [5.41, 5.74) is 2.98. The Hall–Kier alpha value is -1.72. The number of nitrogens with one attached hydrogen (secondary N) is 1. The molecule has 0 aromatic heterocycles. The van der Waals surface area contributed by atoms with Gasteiger partial charge in [-0.05, 0) is 50.1 Å². The summed E-state index contributed by atoms with van der Waals surface area (Å²) < 4.78 is 40.3. The standard InChI is InChI=1S/C16H18FNO2S/c1-11-7-8-12(2)16(9-11)13(3)18-21(19,20)15-6-4-5-14(17)10-15/h4-10,13,18H,1-3H3. The van der Waals surface area contributed by atoms with E-state index in [0.29, 0.717) is 0 Å². The molecule has 1 atom stereocenters. The minimum absolute atomic E-state index is 0.0698. The maximum Gasteiger partial charge on any atom is 0.241 e. The molecule has 1 unspecified atom stereocenters. The fourth-order valence-electron chi connectivity index (χ4n) is 2.22. The van der Waals surface area contributed by atoms with Crippen LogP contribution >= 0.6 is 0 Å². The Labute approximate surface area is 124 Å².